The SMILES string of the molecule is CCCCN(C(=O)CN1CC(c2cc(OC)c3c(c2)OCO3)C[C@@H]1CCn1cccn1)c1cccnc1. The van der Waals surface area contributed by atoms with Crippen LogP contribution in [0, 0.1) is 0 Å². The van der Waals surface area contributed by atoms with Crippen molar-refractivity contribution < 1.29 is 19.0 Å². The van der Waals surface area contributed by atoms with Gasteiger partial charge < -0.3 is 19.1 Å². The minimum atomic E-state index is 0.106. The van der Waals surface area contributed by atoms with E-state index in [0.717, 1.165) is 55.8 Å². The van der Waals surface area contributed by atoms with Crippen molar-refractivity contribution in [3.63, 3.8) is 0 Å². The monoisotopic (exact) mass is 505 g/mol. The summed E-state index contributed by atoms with van der Waals surface area (Å²) in [4.78, 5) is 22.1. The first-order chi connectivity index (χ1) is 18.2. The quantitative estimate of drug-likeness (QED) is 0.388. The molecule has 0 saturated carbocycles. The molecule has 0 bridgehead atoms. The van der Waals surface area contributed by atoms with Crippen LogP contribution in [0.2, 0.25) is 0 Å². The van der Waals surface area contributed by atoms with Crippen molar-refractivity contribution >= 4 is 11.6 Å². The van der Waals surface area contributed by atoms with Crippen molar-refractivity contribution in [1.82, 2.24) is 19.7 Å². The Balaban J connectivity index is 1.36. The van der Waals surface area contributed by atoms with Crippen molar-refractivity contribution in [3.05, 3.63) is 60.7 Å². The third-order valence-electron chi connectivity index (χ3n) is 7.26. The summed E-state index contributed by atoms with van der Waals surface area (Å²) < 4.78 is 18.8. The summed E-state index contributed by atoms with van der Waals surface area (Å²) in [6.45, 7) is 4.99. The third kappa shape index (κ3) is 5.72. The van der Waals surface area contributed by atoms with Gasteiger partial charge in [-0.25, -0.2) is 0 Å². The number of aromatic nitrogens is 3. The molecule has 196 valence electrons. The average molecular weight is 506 g/mol. The molecule has 9 heteroatoms. The van der Waals surface area contributed by atoms with Crippen LogP contribution in [0.4, 0.5) is 5.69 Å². The highest BCUT2D eigenvalue weighted by Crippen LogP contribution is 2.45. The lowest BCUT2D eigenvalue weighted by Crippen LogP contribution is -2.43. The maximum absolute atomic E-state index is 13.7. The standard InChI is InChI=1S/C28H35N5O4/c1-3-4-12-33(24-7-5-9-29-17-24)27(34)19-31-18-22(14-23(31)8-13-32-11-6-10-30-32)21-15-25(35-2)28-26(16-21)36-20-37-28/h5-7,9-11,15-17,22-23H,3-4,8,12-14,18-20H2,1-2H3/t22?,23-/m0/s1. The average Bonchev–Trinajstić information content (AvgIpc) is 3.69. The molecule has 0 spiro atoms. The molecular formula is C28H35N5O4. The second-order valence-electron chi connectivity index (χ2n) is 9.64. The predicted octanol–water partition coefficient (Wildman–Crippen LogP) is 4.10. The summed E-state index contributed by atoms with van der Waals surface area (Å²) in [7, 11) is 1.65. The Morgan fingerprint density at radius 3 is 2.92 bits per heavy atom. The van der Waals surface area contributed by atoms with Gasteiger partial charge in [0.25, 0.3) is 0 Å². The van der Waals surface area contributed by atoms with E-state index in [-0.39, 0.29) is 24.7 Å². The number of unbranched alkanes of at least 4 members (excludes halogenated alkanes) is 1. The first kappa shape index (κ1) is 25.1. The Kier molecular flexibility index (Phi) is 7.89. The van der Waals surface area contributed by atoms with E-state index < -0.39 is 0 Å². The molecule has 3 aromatic rings. The van der Waals surface area contributed by atoms with Crippen LogP contribution in [0.3, 0.4) is 0 Å². The number of carbonyl (C=O) groups excluding carboxylic acids is 1. The molecular weight excluding hydrogens is 470 g/mol. The summed E-state index contributed by atoms with van der Waals surface area (Å²) in [5, 5.41) is 4.37. The Morgan fingerprint density at radius 1 is 1.24 bits per heavy atom. The Bertz CT molecular complexity index is 1170. The zero-order chi connectivity index (χ0) is 25.6. The van der Waals surface area contributed by atoms with E-state index in [4.69, 9.17) is 14.2 Å². The lowest BCUT2D eigenvalue weighted by atomic mass is 9.94. The van der Waals surface area contributed by atoms with Gasteiger partial charge in [0.05, 0.1) is 25.5 Å². The predicted molar refractivity (Wildman–Crippen MR) is 140 cm³/mol. The molecule has 2 aliphatic rings. The van der Waals surface area contributed by atoms with Crippen molar-refractivity contribution in [1.29, 1.82) is 0 Å². The topological polar surface area (TPSA) is 82.0 Å². The van der Waals surface area contributed by atoms with Gasteiger partial charge in [-0.05, 0) is 61.1 Å². The highest BCUT2D eigenvalue weighted by Gasteiger charge is 2.36. The van der Waals surface area contributed by atoms with Crippen LogP contribution >= 0.6 is 0 Å². The number of pyridine rings is 1. The Labute approximate surface area is 217 Å². The second-order valence-corrected chi connectivity index (χ2v) is 9.64. The van der Waals surface area contributed by atoms with Crippen LogP contribution in [0.15, 0.2) is 55.1 Å². The number of amides is 1. The summed E-state index contributed by atoms with van der Waals surface area (Å²) in [6.07, 6.45) is 11.1. The molecule has 1 saturated heterocycles. The van der Waals surface area contributed by atoms with E-state index in [9.17, 15) is 4.79 Å². The number of ether oxygens (including phenoxy) is 3. The van der Waals surface area contributed by atoms with E-state index in [1.807, 2.05) is 34.0 Å². The van der Waals surface area contributed by atoms with Gasteiger partial charge in [0.2, 0.25) is 18.4 Å². The molecule has 0 aliphatic carbocycles. The first-order valence-electron chi connectivity index (χ1n) is 13.1. The number of hydrogen-bond acceptors (Lipinski definition) is 7. The summed E-state index contributed by atoms with van der Waals surface area (Å²) in [6, 6.07) is 10.1. The molecule has 4 heterocycles. The van der Waals surface area contributed by atoms with Crippen molar-refractivity contribution in [2.45, 2.75) is 51.1 Å². The van der Waals surface area contributed by atoms with E-state index in [1.165, 1.54) is 0 Å². The minimum Gasteiger partial charge on any atom is -0.493 e. The Morgan fingerprint density at radius 2 is 2.16 bits per heavy atom. The molecule has 5 rings (SSSR count). The number of hydrogen-bond donors (Lipinski definition) is 0. The molecule has 37 heavy (non-hydrogen) atoms. The van der Waals surface area contributed by atoms with E-state index in [2.05, 4.69) is 34.0 Å². The third-order valence-corrected chi connectivity index (χ3v) is 7.26. The molecule has 2 atom stereocenters. The number of nitrogens with zero attached hydrogens (tertiary/aromatic N) is 5. The number of fused-ring (bicyclic) bond motifs is 1. The first-order valence-corrected chi connectivity index (χ1v) is 13.1. The van der Waals surface area contributed by atoms with Gasteiger partial charge in [-0.3, -0.25) is 19.4 Å². The van der Waals surface area contributed by atoms with Crippen LogP contribution in [0.1, 0.15) is 44.1 Å². The fourth-order valence-electron chi connectivity index (χ4n) is 5.31. The fraction of sp³-hybridized carbons (Fsp3) is 0.464. The molecule has 0 radical (unpaired) electrons. The van der Waals surface area contributed by atoms with E-state index in [0.29, 0.717) is 24.6 Å². The largest absolute Gasteiger partial charge is 0.493 e. The normalized spacial score (nSPS) is 18.8. The number of rotatable bonds is 11. The van der Waals surface area contributed by atoms with Gasteiger partial charge in [-0.15, -0.1) is 0 Å². The number of benzene rings is 1. The maximum atomic E-state index is 13.7. The van der Waals surface area contributed by atoms with Gasteiger partial charge in [0.15, 0.2) is 11.5 Å². The van der Waals surface area contributed by atoms with Crippen LogP contribution in [-0.2, 0) is 11.3 Å². The minimum absolute atomic E-state index is 0.106. The molecule has 0 N–H and O–H groups in total. The lowest BCUT2D eigenvalue weighted by Gasteiger charge is -2.28. The highest BCUT2D eigenvalue weighted by molar-refractivity contribution is 5.94. The molecule has 1 unspecified atom stereocenters. The number of methoxy groups -OCH3 is 1. The smallest absolute Gasteiger partial charge is 0.241 e. The van der Waals surface area contributed by atoms with Gasteiger partial charge in [0.1, 0.15) is 0 Å². The van der Waals surface area contributed by atoms with E-state index in [1.54, 1.807) is 25.7 Å². The summed E-state index contributed by atoms with van der Waals surface area (Å²) in [5.41, 5.74) is 2.00. The van der Waals surface area contributed by atoms with E-state index >= 15 is 0 Å². The Hall–Kier alpha value is -3.59. The summed E-state index contributed by atoms with van der Waals surface area (Å²) in [5.74, 6) is 2.43. The van der Waals surface area contributed by atoms with Crippen molar-refractivity contribution in [2.75, 3.05) is 38.4 Å². The lowest BCUT2D eigenvalue weighted by molar-refractivity contribution is -0.120. The number of carbonyl (C=O) groups is 1. The van der Waals surface area contributed by atoms with Crippen molar-refractivity contribution in [2.24, 2.45) is 0 Å². The van der Waals surface area contributed by atoms with Crippen molar-refractivity contribution in [3.8, 4) is 17.2 Å². The zero-order valence-electron chi connectivity index (χ0n) is 21.6. The van der Waals surface area contributed by atoms with Gasteiger partial charge >= 0.3 is 0 Å². The fourth-order valence-corrected chi connectivity index (χ4v) is 5.31. The molecule has 9 nitrogen and oxygen atoms in total. The molecule has 2 aliphatic heterocycles. The van der Waals surface area contributed by atoms with Gasteiger partial charge in [-0.2, -0.15) is 5.10 Å². The molecule has 1 aromatic carbocycles. The molecule has 2 aromatic heterocycles. The molecule has 1 amide bonds. The number of likely N-dealkylation sites (tertiary alicyclic amines) is 1. The zero-order valence-corrected chi connectivity index (χ0v) is 21.6. The summed E-state index contributed by atoms with van der Waals surface area (Å²) >= 11 is 0. The van der Waals surface area contributed by atoms with Crippen LogP contribution in [0.25, 0.3) is 0 Å². The number of anilines is 1. The van der Waals surface area contributed by atoms with Crippen LogP contribution in [0.5, 0.6) is 17.2 Å². The van der Waals surface area contributed by atoms with Gasteiger partial charge in [-0.1, -0.05) is 13.3 Å². The van der Waals surface area contributed by atoms with Gasteiger partial charge in [0, 0.05) is 44.3 Å². The van der Waals surface area contributed by atoms with Crippen LogP contribution < -0.4 is 19.1 Å². The molecule has 1 fully saturated rings. The number of aryl methyl sites for hydroxylation is 1. The van der Waals surface area contributed by atoms with Crippen LogP contribution in [-0.4, -0.2) is 65.2 Å². The maximum Gasteiger partial charge on any atom is 0.241 e. The second kappa shape index (κ2) is 11.6. The highest BCUT2D eigenvalue weighted by atomic mass is 16.7.